The fraction of sp³-hybridized carbons (Fsp3) is 0.286. The van der Waals surface area contributed by atoms with Crippen LogP contribution >= 0.6 is 0 Å². The lowest BCUT2D eigenvalue weighted by Gasteiger charge is -2.24. The number of hydrogen-bond acceptors (Lipinski definition) is 8. The average Bonchev–Trinajstić information content (AvgIpc) is 2.98. The molecule has 1 aliphatic heterocycles. The second kappa shape index (κ2) is 6.50. The largest absolute Gasteiger partial charge is 0.612 e. The zero-order valence-electron chi connectivity index (χ0n) is 13.1. The van der Waals surface area contributed by atoms with Crippen molar-refractivity contribution in [1.82, 2.24) is 0 Å². The Morgan fingerprint density at radius 3 is 2.12 bits per heavy atom. The normalized spacial score (nSPS) is 24.9. The van der Waals surface area contributed by atoms with Crippen molar-refractivity contribution in [3.8, 4) is 0 Å². The molecule has 0 bridgehead atoms. The fourth-order valence-corrected chi connectivity index (χ4v) is 2.76. The monoisotopic (exact) mass is 364 g/mol. The smallest absolute Gasteiger partial charge is 0.357 e. The van der Waals surface area contributed by atoms with Crippen LogP contribution in [0.2, 0.25) is 0 Å². The van der Waals surface area contributed by atoms with Crippen LogP contribution in [0.3, 0.4) is 0 Å². The molecule has 0 amide bonds. The van der Waals surface area contributed by atoms with Gasteiger partial charge in [0.15, 0.2) is 18.9 Å². The maximum absolute atomic E-state index is 11.4. The van der Waals surface area contributed by atoms with Gasteiger partial charge in [0.2, 0.25) is 5.71 Å². The van der Waals surface area contributed by atoms with Crippen molar-refractivity contribution in [1.29, 1.82) is 0 Å². The average molecular weight is 364 g/mol. The van der Waals surface area contributed by atoms with Gasteiger partial charge in [-0.3, -0.25) is 20.2 Å². The van der Waals surface area contributed by atoms with Gasteiger partial charge in [0, 0.05) is 12.1 Å². The second-order valence-corrected chi connectivity index (χ2v) is 5.50. The van der Waals surface area contributed by atoms with Gasteiger partial charge in [0.1, 0.15) is 6.10 Å². The molecular formula is C14H12N4O8. The van der Waals surface area contributed by atoms with Gasteiger partial charge in [-0.25, -0.2) is 4.57 Å². The van der Waals surface area contributed by atoms with Gasteiger partial charge in [0.25, 0.3) is 0 Å². The number of pyridine rings is 1. The first kappa shape index (κ1) is 17.4. The summed E-state index contributed by atoms with van der Waals surface area (Å²) < 4.78 is 12.6. The fourth-order valence-electron chi connectivity index (χ4n) is 2.76. The highest BCUT2D eigenvalue weighted by molar-refractivity contribution is 6.02. The molecule has 3 rings (SSSR count). The quantitative estimate of drug-likeness (QED) is 0.309. The molecule has 1 saturated heterocycles. The van der Waals surface area contributed by atoms with E-state index >= 15 is 0 Å². The highest BCUT2D eigenvalue weighted by Crippen LogP contribution is 2.40. The third-order valence-electron chi connectivity index (χ3n) is 3.84. The lowest BCUT2D eigenvalue weighted by atomic mass is 10.0. The maximum atomic E-state index is 11.4. The molecule has 1 aromatic heterocycles. The van der Waals surface area contributed by atoms with Crippen LogP contribution in [-0.2, 0) is 16.0 Å². The number of rotatable bonds is 4. The summed E-state index contributed by atoms with van der Waals surface area (Å²) in [7, 11) is 0. The van der Waals surface area contributed by atoms with Crippen LogP contribution in [0.25, 0.3) is 0 Å². The van der Waals surface area contributed by atoms with Gasteiger partial charge in [0.05, 0.1) is 28.6 Å². The van der Waals surface area contributed by atoms with Crippen molar-refractivity contribution in [3.63, 3.8) is 0 Å². The van der Waals surface area contributed by atoms with E-state index in [1.54, 1.807) is 35.2 Å². The zero-order chi connectivity index (χ0) is 18.9. The first-order valence-corrected chi connectivity index (χ1v) is 7.34. The predicted molar refractivity (Wildman–Crippen MR) is 82.3 cm³/mol. The minimum absolute atomic E-state index is 0.161. The first-order valence-electron chi connectivity index (χ1n) is 7.34. The third kappa shape index (κ3) is 2.98. The molecule has 2 aliphatic rings. The lowest BCUT2D eigenvalue weighted by molar-refractivity contribution is -0.703. The highest BCUT2D eigenvalue weighted by atomic mass is 16.8. The molecule has 26 heavy (non-hydrogen) atoms. The van der Waals surface area contributed by atoms with E-state index in [0.717, 1.165) is 0 Å². The van der Waals surface area contributed by atoms with Crippen LogP contribution in [0.4, 0.5) is 0 Å². The van der Waals surface area contributed by atoms with Gasteiger partial charge in [-0.2, -0.15) is 4.90 Å². The van der Waals surface area contributed by atoms with Crippen molar-refractivity contribution in [2.24, 2.45) is 0 Å². The molecule has 1 fully saturated rings. The molecule has 2 heterocycles. The number of nitrogens with zero attached hydrogens (tertiary/aromatic N) is 4. The molecule has 0 radical (unpaired) electrons. The molecule has 0 aromatic carbocycles. The van der Waals surface area contributed by atoms with Crippen LogP contribution in [0.5, 0.6) is 0 Å². The SMILES string of the molecule is O=[N+]([O-])C1=CC(=[N+]([O-])[O-])C=C([N+](=O)[O-])C12OCC(C[n+]1ccccc1)O2. The van der Waals surface area contributed by atoms with E-state index in [1.807, 2.05) is 0 Å². The molecule has 12 heteroatoms. The van der Waals surface area contributed by atoms with Crippen molar-refractivity contribution >= 4 is 5.71 Å². The van der Waals surface area contributed by atoms with Crippen LogP contribution in [0.15, 0.2) is 54.1 Å². The van der Waals surface area contributed by atoms with Gasteiger partial charge >= 0.3 is 17.2 Å². The molecule has 136 valence electrons. The molecule has 1 aliphatic carbocycles. The number of ether oxygens (including phenoxy) is 2. The minimum atomic E-state index is -2.40. The zero-order valence-corrected chi connectivity index (χ0v) is 13.1. The third-order valence-corrected chi connectivity index (χ3v) is 3.84. The first-order chi connectivity index (χ1) is 12.3. The Balaban J connectivity index is 1.99. The van der Waals surface area contributed by atoms with Crippen LogP contribution in [0.1, 0.15) is 0 Å². The standard InChI is InChI=1S/C14H12N4O8/c19-16(20)10-6-12(17(21)22)14(13(7-10)18(23)24)25-9-11(26-14)8-15-4-2-1-3-5-15/h1-7,11H,8-9H2. The van der Waals surface area contributed by atoms with Gasteiger partial charge in [-0.15, -0.1) is 0 Å². The van der Waals surface area contributed by atoms with Crippen molar-refractivity contribution < 1.29 is 28.8 Å². The molecular weight excluding hydrogens is 352 g/mol. The summed E-state index contributed by atoms with van der Waals surface area (Å²) in [5, 5.41) is 44.7. The number of aromatic nitrogens is 1. The van der Waals surface area contributed by atoms with E-state index in [0.29, 0.717) is 12.2 Å². The molecule has 0 saturated carbocycles. The van der Waals surface area contributed by atoms with Crippen molar-refractivity contribution in [2.45, 2.75) is 18.4 Å². The molecule has 1 spiro atoms. The molecule has 1 unspecified atom stereocenters. The Hall–Kier alpha value is -3.38. The van der Waals surface area contributed by atoms with Crippen LogP contribution in [-0.4, -0.2) is 39.0 Å². The molecule has 1 atom stereocenters. The summed E-state index contributed by atoms with van der Waals surface area (Å²) in [6, 6.07) is 5.31. The summed E-state index contributed by atoms with van der Waals surface area (Å²) in [6.07, 6.45) is 3.95. The van der Waals surface area contributed by atoms with E-state index < -0.39 is 43.7 Å². The lowest BCUT2D eigenvalue weighted by Crippen LogP contribution is -2.46. The summed E-state index contributed by atoms with van der Waals surface area (Å²) in [5.41, 5.74) is -2.60. The van der Waals surface area contributed by atoms with Crippen molar-refractivity contribution in [2.75, 3.05) is 6.61 Å². The summed E-state index contributed by atoms with van der Waals surface area (Å²) in [4.78, 5) is 19.9. The van der Waals surface area contributed by atoms with E-state index in [9.17, 15) is 30.6 Å². The Bertz CT molecular complexity index is 810. The van der Waals surface area contributed by atoms with Crippen LogP contribution in [0, 0.1) is 30.6 Å². The number of allylic oxidation sites excluding steroid dienone is 2. The Morgan fingerprint density at radius 2 is 1.62 bits per heavy atom. The molecule has 0 N–H and O–H groups in total. The Labute approximate surface area is 145 Å². The van der Waals surface area contributed by atoms with E-state index in [-0.39, 0.29) is 13.2 Å². The van der Waals surface area contributed by atoms with Gasteiger partial charge in [-0.05, 0) is 0 Å². The molecule has 12 nitrogen and oxygen atoms in total. The Kier molecular flexibility index (Phi) is 4.36. The maximum Gasteiger partial charge on any atom is 0.357 e. The summed E-state index contributed by atoms with van der Waals surface area (Å²) in [5.74, 6) is -2.40. The molecule has 1 aromatic rings. The topological polar surface area (TPSA) is 158 Å². The predicted octanol–water partition coefficient (Wildman–Crippen LogP) is -0.130. The minimum Gasteiger partial charge on any atom is -0.612 e. The van der Waals surface area contributed by atoms with E-state index in [2.05, 4.69) is 0 Å². The van der Waals surface area contributed by atoms with Crippen LogP contribution < -0.4 is 4.57 Å². The van der Waals surface area contributed by atoms with E-state index in [4.69, 9.17) is 9.47 Å². The van der Waals surface area contributed by atoms with Gasteiger partial charge in [-0.1, -0.05) is 6.07 Å². The Morgan fingerprint density at radius 1 is 1.04 bits per heavy atom. The summed E-state index contributed by atoms with van der Waals surface area (Å²) >= 11 is 0. The van der Waals surface area contributed by atoms with Crippen molar-refractivity contribution in [3.05, 3.63) is 84.8 Å². The number of hydrogen-bond donors (Lipinski definition) is 0. The van der Waals surface area contributed by atoms with E-state index in [1.165, 1.54) is 0 Å². The number of nitro groups is 2. The highest BCUT2D eigenvalue weighted by Gasteiger charge is 2.63. The second-order valence-electron chi connectivity index (χ2n) is 5.50. The van der Waals surface area contributed by atoms with Gasteiger partial charge < -0.3 is 19.9 Å². The summed E-state index contributed by atoms with van der Waals surface area (Å²) in [6.45, 7) is 0.0659.